The van der Waals surface area contributed by atoms with Crippen LogP contribution in [-0.2, 0) is 4.79 Å². The van der Waals surface area contributed by atoms with Crippen molar-refractivity contribution < 1.29 is 4.79 Å². The highest BCUT2D eigenvalue weighted by atomic mass is 16.2. The van der Waals surface area contributed by atoms with Gasteiger partial charge in [0.2, 0.25) is 5.91 Å². The van der Waals surface area contributed by atoms with E-state index < -0.39 is 0 Å². The molecule has 1 amide bonds. The molecule has 0 radical (unpaired) electrons. The molecule has 1 atom stereocenters. The highest BCUT2D eigenvalue weighted by Gasteiger charge is 2.14. The summed E-state index contributed by atoms with van der Waals surface area (Å²) in [5, 5.41) is 2.95. The van der Waals surface area contributed by atoms with Gasteiger partial charge in [-0.2, -0.15) is 0 Å². The Labute approximate surface area is 129 Å². The van der Waals surface area contributed by atoms with Gasteiger partial charge in [-0.15, -0.1) is 0 Å². The van der Waals surface area contributed by atoms with E-state index in [1.54, 1.807) is 0 Å². The van der Waals surface area contributed by atoms with E-state index in [4.69, 9.17) is 0 Å². The second-order valence-corrected chi connectivity index (χ2v) is 5.80. The lowest BCUT2D eigenvalue weighted by Crippen LogP contribution is -2.22. The lowest BCUT2D eigenvalue weighted by Gasteiger charge is -2.13. The smallest absolute Gasteiger partial charge is 0.247 e. The number of benzene rings is 1. The van der Waals surface area contributed by atoms with Crippen molar-refractivity contribution >= 4 is 22.6 Å². The number of hydrogen-bond acceptors (Lipinski definition) is 2. The zero-order valence-corrected chi connectivity index (χ0v) is 13.0. The van der Waals surface area contributed by atoms with Crippen molar-refractivity contribution in [1.82, 2.24) is 14.5 Å². The standard InChI is InChI=1S/C17H20N4O/c1-11(2)16-19-14-7-6-13(10-15(14)20-16)18-17(22)12(3)21-8-4-5-9-21/h4-12H,1-3H3,(H,18,22)(H,19,20). The van der Waals surface area contributed by atoms with E-state index in [1.807, 2.05) is 54.2 Å². The second kappa shape index (κ2) is 5.67. The summed E-state index contributed by atoms with van der Waals surface area (Å²) in [6.07, 6.45) is 3.77. The number of imidazole rings is 1. The Morgan fingerprint density at radius 1 is 1.23 bits per heavy atom. The van der Waals surface area contributed by atoms with Gasteiger partial charge in [0, 0.05) is 24.0 Å². The zero-order valence-electron chi connectivity index (χ0n) is 13.0. The minimum atomic E-state index is -0.251. The van der Waals surface area contributed by atoms with E-state index >= 15 is 0 Å². The molecule has 2 N–H and O–H groups in total. The van der Waals surface area contributed by atoms with E-state index in [2.05, 4.69) is 29.1 Å². The fourth-order valence-corrected chi connectivity index (χ4v) is 2.37. The molecule has 5 nitrogen and oxygen atoms in total. The van der Waals surface area contributed by atoms with Gasteiger partial charge in [-0.3, -0.25) is 4.79 Å². The van der Waals surface area contributed by atoms with Crippen LogP contribution in [0.4, 0.5) is 5.69 Å². The number of nitrogens with zero attached hydrogens (tertiary/aromatic N) is 2. The molecular weight excluding hydrogens is 276 g/mol. The molecule has 3 rings (SSSR count). The average Bonchev–Trinajstić information content (AvgIpc) is 3.15. The molecule has 0 fully saturated rings. The third-order valence-corrected chi connectivity index (χ3v) is 3.77. The number of nitrogens with one attached hydrogen (secondary N) is 2. The largest absolute Gasteiger partial charge is 0.342 e. The lowest BCUT2D eigenvalue weighted by molar-refractivity contribution is -0.118. The fraction of sp³-hybridized carbons (Fsp3) is 0.294. The van der Waals surface area contributed by atoms with Crippen molar-refractivity contribution in [3.8, 4) is 0 Å². The van der Waals surface area contributed by atoms with Crippen LogP contribution >= 0.6 is 0 Å². The number of carbonyl (C=O) groups excluding carboxylic acids is 1. The number of amides is 1. The highest BCUT2D eigenvalue weighted by Crippen LogP contribution is 2.21. The van der Waals surface area contributed by atoms with Gasteiger partial charge in [0.05, 0.1) is 11.0 Å². The van der Waals surface area contributed by atoms with Gasteiger partial charge >= 0.3 is 0 Å². The Hall–Kier alpha value is -2.56. The van der Waals surface area contributed by atoms with Gasteiger partial charge in [-0.1, -0.05) is 13.8 Å². The molecule has 5 heteroatoms. The lowest BCUT2D eigenvalue weighted by atomic mass is 10.2. The molecule has 22 heavy (non-hydrogen) atoms. The van der Waals surface area contributed by atoms with Crippen molar-refractivity contribution in [2.45, 2.75) is 32.7 Å². The number of anilines is 1. The molecular formula is C17H20N4O. The first-order valence-corrected chi connectivity index (χ1v) is 7.47. The number of fused-ring (bicyclic) bond motifs is 1. The first-order valence-electron chi connectivity index (χ1n) is 7.47. The van der Waals surface area contributed by atoms with E-state index in [0.717, 1.165) is 22.5 Å². The summed E-state index contributed by atoms with van der Waals surface area (Å²) in [7, 11) is 0. The first kappa shape index (κ1) is 14.4. The normalized spacial score (nSPS) is 12.7. The van der Waals surface area contributed by atoms with Gasteiger partial charge in [0.25, 0.3) is 0 Å². The Morgan fingerprint density at radius 2 is 1.95 bits per heavy atom. The van der Waals surface area contributed by atoms with Crippen LogP contribution < -0.4 is 5.32 Å². The Morgan fingerprint density at radius 3 is 2.64 bits per heavy atom. The maximum absolute atomic E-state index is 12.3. The quantitative estimate of drug-likeness (QED) is 0.771. The first-order chi connectivity index (χ1) is 10.5. The molecule has 0 saturated heterocycles. The molecule has 0 aliphatic heterocycles. The van der Waals surface area contributed by atoms with E-state index in [9.17, 15) is 4.79 Å². The summed E-state index contributed by atoms with van der Waals surface area (Å²) >= 11 is 0. The van der Waals surface area contributed by atoms with E-state index in [-0.39, 0.29) is 11.9 Å². The summed E-state index contributed by atoms with van der Waals surface area (Å²) in [5.41, 5.74) is 2.63. The third kappa shape index (κ3) is 2.74. The van der Waals surface area contributed by atoms with Crippen molar-refractivity contribution in [2.24, 2.45) is 0 Å². The minimum Gasteiger partial charge on any atom is -0.342 e. The molecule has 3 aromatic rings. The monoisotopic (exact) mass is 296 g/mol. The summed E-state index contributed by atoms with van der Waals surface area (Å²) in [4.78, 5) is 20.1. The van der Waals surface area contributed by atoms with Crippen LogP contribution in [0.3, 0.4) is 0 Å². The van der Waals surface area contributed by atoms with Crippen LogP contribution in [0.5, 0.6) is 0 Å². The maximum Gasteiger partial charge on any atom is 0.247 e. The van der Waals surface area contributed by atoms with Gasteiger partial charge in [-0.05, 0) is 37.3 Å². The van der Waals surface area contributed by atoms with Gasteiger partial charge in [0.1, 0.15) is 11.9 Å². The molecule has 0 spiro atoms. The van der Waals surface area contributed by atoms with Crippen molar-refractivity contribution in [3.63, 3.8) is 0 Å². The topological polar surface area (TPSA) is 62.7 Å². The van der Waals surface area contributed by atoms with E-state index in [1.165, 1.54) is 0 Å². The Balaban J connectivity index is 1.80. The van der Waals surface area contributed by atoms with Crippen molar-refractivity contribution in [3.05, 3.63) is 48.5 Å². The second-order valence-electron chi connectivity index (χ2n) is 5.80. The fourth-order valence-electron chi connectivity index (χ4n) is 2.37. The number of aromatic amines is 1. The summed E-state index contributed by atoms with van der Waals surface area (Å²) < 4.78 is 1.88. The van der Waals surface area contributed by atoms with Gasteiger partial charge < -0.3 is 14.9 Å². The summed E-state index contributed by atoms with van der Waals surface area (Å²) in [6.45, 7) is 6.07. The predicted molar refractivity (Wildman–Crippen MR) is 88.0 cm³/mol. The molecule has 2 heterocycles. The summed E-state index contributed by atoms with van der Waals surface area (Å²) in [6, 6.07) is 9.30. The number of rotatable bonds is 4. The van der Waals surface area contributed by atoms with Crippen molar-refractivity contribution in [2.75, 3.05) is 5.32 Å². The molecule has 0 aliphatic rings. The van der Waals surface area contributed by atoms with Crippen LogP contribution in [-0.4, -0.2) is 20.4 Å². The van der Waals surface area contributed by atoms with Crippen LogP contribution in [0.2, 0.25) is 0 Å². The number of hydrogen-bond donors (Lipinski definition) is 2. The van der Waals surface area contributed by atoms with Crippen LogP contribution in [0.1, 0.15) is 38.6 Å². The number of carbonyl (C=O) groups is 1. The van der Waals surface area contributed by atoms with E-state index in [0.29, 0.717) is 5.92 Å². The zero-order chi connectivity index (χ0) is 15.7. The SMILES string of the molecule is CC(C)c1nc2ccc(NC(=O)C(C)n3cccc3)cc2[nH]1. The molecule has 0 bridgehead atoms. The minimum absolute atomic E-state index is 0.0425. The summed E-state index contributed by atoms with van der Waals surface area (Å²) in [5.74, 6) is 1.26. The van der Waals surface area contributed by atoms with Gasteiger partial charge in [-0.25, -0.2) is 4.98 Å². The van der Waals surface area contributed by atoms with Crippen LogP contribution in [0.15, 0.2) is 42.7 Å². The Kier molecular flexibility index (Phi) is 3.71. The van der Waals surface area contributed by atoms with Crippen LogP contribution in [0.25, 0.3) is 11.0 Å². The van der Waals surface area contributed by atoms with Gasteiger partial charge in [0.15, 0.2) is 0 Å². The molecule has 0 saturated carbocycles. The van der Waals surface area contributed by atoms with Crippen molar-refractivity contribution in [1.29, 1.82) is 0 Å². The predicted octanol–water partition coefficient (Wildman–Crippen LogP) is 3.69. The Bertz CT molecular complexity index is 786. The van der Waals surface area contributed by atoms with Crippen LogP contribution in [0, 0.1) is 0 Å². The highest BCUT2D eigenvalue weighted by molar-refractivity contribution is 5.95. The third-order valence-electron chi connectivity index (χ3n) is 3.77. The molecule has 114 valence electrons. The number of aromatic nitrogens is 3. The number of H-pyrrole nitrogens is 1. The molecule has 2 aromatic heterocycles. The maximum atomic E-state index is 12.3. The molecule has 1 aromatic carbocycles. The molecule has 1 unspecified atom stereocenters. The average molecular weight is 296 g/mol. The molecule has 0 aliphatic carbocycles.